The van der Waals surface area contributed by atoms with E-state index >= 15 is 0 Å². The second-order valence-corrected chi connectivity index (χ2v) is 2.81. The smallest absolute Gasteiger partial charge is 0.175 e. The number of nitrogens with zero attached hydrogens (tertiary/aromatic N) is 4. The summed E-state index contributed by atoms with van der Waals surface area (Å²) < 4.78 is 1.53. The Morgan fingerprint density at radius 3 is 2.93 bits per heavy atom. The monoisotopic (exact) mass is 188 g/mol. The lowest BCUT2D eigenvalue weighted by atomic mass is 10.3. The fourth-order valence-corrected chi connectivity index (χ4v) is 1.12. The largest absolute Gasteiger partial charge is 0.298 e. The number of rotatable bonds is 2. The molecule has 5 nitrogen and oxygen atoms in total. The lowest BCUT2D eigenvalue weighted by molar-refractivity contribution is 0.112. The quantitative estimate of drug-likeness (QED) is 0.653. The Bertz CT molecular complexity index is 449. The molecule has 0 atom stereocenters. The Morgan fingerprint density at radius 2 is 2.36 bits per heavy atom. The summed E-state index contributed by atoms with van der Waals surface area (Å²) in [4.78, 5) is 10.6. The summed E-state index contributed by atoms with van der Waals surface area (Å²) in [5.41, 5.74) is 1.25. The van der Waals surface area contributed by atoms with Gasteiger partial charge in [0.05, 0.1) is 11.3 Å². The molecule has 0 saturated heterocycles. The molecule has 0 aromatic carbocycles. The Balaban J connectivity index is 2.48. The van der Waals surface area contributed by atoms with E-state index in [1.807, 2.05) is 0 Å². The molecule has 2 aromatic rings. The number of aromatic nitrogens is 4. The van der Waals surface area contributed by atoms with Gasteiger partial charge in [-0.15, -0.1) is 5.10 Å². The van der Waals surface area contributed by atoms with Crippen molar-refractivity contribution in [2.45, 2.75) is 6.92 Å². The third-order valence-electron chi connectivity index (χ3n) is 1.86. The van der Waals surface area contributed by atoms with Gasteiger partial charge in [-0.1, -0.05) is 0 Å². The van der Waals surface area contributed by atoms with E-state index < -0.39 is 0 Å². The van der Waals surface area contributed by atoms with Crippen molar-refractivity contribution in [3.63, 3.8) is 0 Å². The van der Waals surface area contributed by atoms with Gasteiger partial charge in [0.15, 0.2) is 12.1 Å². The Hall–Kier alpha value is -2.04. The molecule has 5 heteroatoms. The average Bonchev–Trinajstić information content (AvgIpc) is 2.61. The van der Waals surface area contributed by atoms with Gasteiger partial charge in [0.2, 0.25) is 0 Å². The fourth-order valence-electron chi connectivity index (χ4n) is 1.12. The highest BCUT2D eigenvalue weighted by Gasteiger charge is 2.05. The molecule has 0 unspecified atom stereocenters. The zero-order valence-corrected chi connectivity index (χ0v) is 7.58. The number of hydrogen-bond acceptors (Lipinski definition) is 4. The maximum Gasteiger partial charge on any atom is 0.175 e. The van der Waals surface area contributed by atoms with Crippen LogP contribution in [0.3, 0.4) is 0 Å². The minimum absolute atomic E-state index is 0.565. The van der Waals surface area contributed by atoms with E-state index in [2.05, 4.69) is 15.3 Å². The molecule has 0 radical (unpaired) electrons. The number of aldehydes is 1. The van der Waals surface area contributed by atoms with Crippen LogP contribution in [0.4, 0.5) is 0 Å². The lowest BCUT2D eigenvalue weighted by Crippen LogP contribution is -1.98. The second kappa shape index (κ2) is 3.37. The third kappa shape index (κ3) is 1.39. The molecule has 0 fully saturated rings. The van der Waals surface area contributed by atoms with Crippen molar-refractivity contribution >= 4 is 6.29 Å². The molecular formula is C9H8N4O. The first-order valence-corrected chi connectivity index (χ1v) is 4.11. The van der Waals surface area contributed by atoms with Crippen LogP contribution in [-0.4, -0.2) is 26.3 Å². The summed E-state index contributed by atoms with van der Waals surface area (Å²) in [6.07, 6.45) is 3.99. The minimum Gasteiger partial charge on any atom is -0.298 e. The number of hydrogen-bond donors (Lipinski definition) is 0. The third-order valence-corrected chi connectivity index (χ3v) is 1.86. The average molecular weight is 188 g/mol. The zero-order chi connectivity index (χ0) is 9.97. The fraction of sp³-hybridized carbons (Fsp3) is 0.111. The van der Waals surface area contributed by atoms with Gasteiger partial charge >= 0.3 is 0 Å². The van der Waals surface area contributed by atoms with Crippen LogP contribution >= 0.6 is 0 Å². The second-order valence-electron chi connectivity index (χ2n) is 2.81. The Kier molecular flexibility index (Phi) is 2.06. The van der Waals surface area contributed by atoms with Crippen LogP contribution in [0.25, 0.3) is 5.82 Å². The molecule has 0 spiro atoms. The summed E-state index contributed by atoms with van der Waals surface area (Å²) in [5, 5.41) is 11.7. The molecule has 0 amide bonds. The van der Waals surface area contributed by atoms with E-state index in [1.165, 1.54) is 4.68 Å². The van der Waals surface area contributed by atoms with Gasteiger partial charge in [-0.05, 0) is 19.1 Å². The van der Waals surface area contributed by atoms with Crippen molar-refractivity contribution < 1.29 is 4.79 Å². The number of carbonyl (C=O) groups is 1. The van der Waals surface area contributed by atoms with Crippen molar-refractivity contribution in [2.24, 2.45) is 0 Å². The topological polar surface area (TPSA) is 60.7 Å². The van der Waals surface area contributed by atoms with Crippen LogP contribution in [0, 0.1) is 6.92 Å². The van der Waals surface area contributed by atoms with E-state index in [9.17, 15) is 4.79 Å². The van der Waals surface area contributed by atoms with E-state index in [4.69, 9.17) is 0 Å². The number of carbonyl (C=O) groups excluding carboxylic acids is 1. The van der Waals surface area contributed by atoms with Gasteiger partial charge in [0.25, 0.3) is 0 Å². The van der Waals surface area contributed by atoms with Crippen molar-refractivity contribution in [3.05, 3.63) is 35.8 Å². The van der Waals surface area contributed by atoms with Gasteiger partial charge < -0.3 is 0 Å². The van der Waals surface area contributed by atoms with Crippen LogP contribution < -0.4 is 0 Å². The highest BCUT2D eigenvalue weighted by atomic mass is 16.1. The first kappa shape index (κ1) is 8.55. The molecular weight excluding hydrogens is 180 g/mol. The summed E-state index contributed by atoms with van der Waals surface area (Å²) in [7, 11) is 0. The van der Waals surface area contributed by atoms with Gasteiger partial charge in [-0.3, -0.25) is 4.79 Å². The lowest BCUT2D eigenvalue weighted by Gasteiger charge is -1.95. The maximum atomic E-state index is 10.6. The maximum absolute atomic E-state index is 10.6. The first-order valence-electron chi connectivity index (χ1n) is 4.11. The van der Waals surface area contributed by atoms with Crippen LogP contribution in [-0.2, 0) is 0 Å². The molecule has 2 aromatic heterocycles. The Labute approximate surface area is 80.4 Å². The SMILES string of the molecule is Cc1nn(-c2cccnn2)cc1C=O. The van der Waals surface area contributed by atoms with Crippen LogP contribution in [0.2, 0.25) is 0 Å². The highest BCUT2D eigenvalue weighted by molar-refractivity contribution is 5.75. The molecule has 2 rings (SSSR count). The zero-order valence-electron chi connectivity index (χ0n) is 7.58. The normalized spacial score (nSPS) is 10.1. The van der Waals surface area contributed by atoms with E-state index in [0.717, 1.165) is 6.29 Å². The molecule has 0 N–H and O–H groups in total. The van der Waals surface area contributed by atoms with E-state index in [-0.39, 0.29) is 0 Å². The molecule has 2 heterocycles. The van der Waals surface area contributed by atoms with E-state index in [1.54, 1.807) is 31.5 Å². The van der Waals surface area contributed by atoms with Crippen molar-refractivity contribution in [2.75, 3.05) is 0 Å². The molecule has 0 saturated carbocycles. The van der Waals surface area contributed by atoms with Gasteiger partial charge in [0.1, 0.15) is 0 Å². The predicted molar refractivity (Wildman–Crippen MR) is 49.3 cm³/mol. The van der Waals surface area contributed by atoms with Crippen LogP contribution in [0.5, 0.6) is 0 Å². The van der Waals surface area contributed by atoms with Crippen LogP contribution in [0.1, 0.15) is 16.1 Å². The van der Waals surface area contributed by atoms with E-state index in [0.29, 0.717) is 17.1 Å². The summed E-state index contributed by atoms with van der Waals surface area (Å²) in [5.74, 6) is 0.601. The van der Waals surface area contributed by atoms with Crippen molar-refractivity contribution in [1.82, 2.24) is 20.0 Å². The van der Waals surface area contributed by atoms with Crippen molar-refractivity contribution in [3.8, 4) is 5.82 Å². The molecule has 14 heavy (non-hydrogen) atoms. The molecule has 0 bridgehead atoms. The van der Waals surface area contributed by atoms with Gasteiger partial charge in [-0.25, -0.2) is 4.68 Å². The predicted octanol–water partition coefficient (Wildman–Crippen LogP) is 0.783. The standard InChI is InChI=1S/C9H8N4O/c1-7-8(6-14)5-13(12-7)9-3-2-4-10-11-9/h2-6H,1H3. The summed E-state index contributed by atoms with van der Waals surface area (Å²) >= 11 is 0. The minimum atomic E-state index is 0.565. The summed E-state index contributed by atoms with van der Waals surface area (Å²) in [6, 6.07) is 3.54. The molecule has 70 valence electrons. The first-order chi connectivity index (χ1) is 6.81. The molecule has 0 aliphatic rings. The molecule has 0 aliphatic carbocycles. The Morgan fingerprint density at radius 1 is 1.50 bits per heavy atom. The van der Waals surface area contributed by atoms with Crippen molar-refractivity contribution in [1.29, 1.82) is 0 Å². The van der Waals surface area contributed by atoms with Gasteiger partial charge in [-0.2, -0.15) is 10.2 Å². The van der Waals surface area contributed by atoms with Gasteiger partial charge in [0, 0.05) is 12.4 Å². The number of aryl methyl sites for hydroxylation is 1. The van der Waals surface area contributed by atoms with Crippen LogP contribution in [0.15, 0.2) is 24.5 Å². The molecule has 0 aliphatic heterocycles. The summed E-state index contributed by atoms with van der Waals surface area (Å²) in [6.45, 7) is 1.77. The highest BCUT2D eigenvalue weighted by Crippen LogP contribution is 2.06.